The van der Waals surface area contributed by atoms with Crippen molar-refractivity contribution in [3.05, 3.63) is 47.1 Å². The highest BCUT2D eigenvalue weighted by Crippen LogP contribution is 2.30. The van der Waals surface area contributed by atoms with Gasteiger partial charge in [0.15, 0.2) is 23.4 Å². The zero-order chi connectivity index (χ0) is 13.4. The van der Waals surface area contributed by atoms with E-state index in [9.17, 15) is 9.18 Å². The Kier molecular flexibility index (Phi) is 2.76. The van der Waals surface area contributed by atoms with E-state index in [0.717, 1.165) is 0 Å². The molecule has 19 heavy (non-hydrogen) atoms. The molecule has 0 saturated carbocycles. The van der Waals surface area contributed by atoms with Crippen molar-refractivity contribution in [1.29, 1.82) is 0 Å². The van der Waals surface area contributed by atoms with Gasteiger partial charge in [-0.25, -0.2) is 14.4 Å². The van der Waals surface area contributed by atoms with Gasteiger partial charge in [0.05, 0.1) is 5.56 Å². The van der Waals surface area contributed by atoms with Crippen molar-refractivity contribution < 1.29 is 13.6 Å². The first-order valence-electron chi connectivity index (χ1n) is 5.35. The van der Waals surface area contributed by atoms with Gasteiger partial charge >= 0.3 is 0 Å². The first kappa shape index (κ1) is 11.8. The Bertz CT molecular complexity index is 785. The maximum atomic E-state index is 13.6. The quantitative estimate of drug-likeness (QED) is 0.531. The van der Waals surface area contributed by atoms with Gasteiger partial charge in [-0.1, -0.05) is 23.7 Å². The molecule has 6 heteroatoms. The minimum atomic E-state index is -0.475. The van der Waals surface area contributed by atoms with Gasteiger partial charge in [-0.05, 0) is 12.1 Å². The number of carbonyl (C=O) groups is 1. The van der Waals surface area contributed by atoms with Crippen LogP contribution in [-0.4, -0.2) is 16.3 Å². The highest BCUT2D eigenvalue weighted by molar-refractivity contribution is 6.32. The van der Waals surface area contributed by atoms with Crippen LogP contribution in [0.3, 0.4) is 0 Å². The number of furan rings is 1. The number of rotatable bonds is 2. The topological polar surface area (TPSA) is 56.0 Å². The van der Waals surface area contributed by atoms with E-state index in [1.807, 2.05) is 0 Å². The van der Waals surface area contributed by atoms with Crippen molar-refractivity contribution in [2.75, 3.05) is 0 Å². The molecule has 3 rings (SSSR count). The maximum Gasteiger partial charge on any atom is 0.170 e. The summed E-state index contributed by atoms with van der Waals surface area (Å²) >= 11 is 5.81. The maximum absolute atomic E-state index is 13.6. The minimum absolute atomic E-state index is 0.0286. The van der Waals surface area contributed by atoms with E-state index in [-0.39, 0.29) is 27.8 Å². The third-order valence-corrected chi connectivity index (χ3v) is 2.98. The molecule has 0 aliphatic rings. The Labute approximate surface area is 111 Å². The standard InChI is InChI=1S/C13H6ClFN2O2/c14-13-8(5-18)11(16-6-17-13)10-4-7-2-1-3-9(15)12(7)19-10/h1-6H. The van der Waals surface area contributed by atoms with Crippen molar-refractivity contribution in [2.45, 2.75) is 0 Å². The van der Waals surface area contributed by atoms with Crippen LogP contribution < -0.4 is 0 Å². The summed E-state index contributed by atoms with van der Waals surface area (Å²) in [5, 5.41) is 0.613. The highest BCUT2D eigenvalue weighted by Gasteiger charge is 2.16. The van der Waals surface area contributed by atoms with Crippen molar-refractivity contribution in [3.8, 4) is 11.5 Å². The number of para-hydroxylation sites is 1. The molecular weight excluding hydrogens is 271 g/mol. The van der Waals surface area contributed by atoms with Crippen LogP contribution in [-0.2, 0) is 0 Å². The van der Waals surface area contributed by atoms with Crippen LogP contribution in [0.5, 0.6) is 0 Å². The highest BCUT2D eigenvalue weighted by atomic mass is 35.5. The Balaban J connectivity index is 2.28. The summed E-state index contributed by atoms with van der Waals surface area (Å²) < 4.78 is 19.0. The molecule has 0 spiro atoms. The third-order valence-electron chi connectivity index (χ3n) is 2.68. The first-order chi connectivity index (χ1) is 9.20. The largest absolute Gasteiger partial charge is 0.451 e. The van der Waals surface area contributed by atoms with E-state index in [2.05, 4.69) is 9.97 Å². The predicted molar refractivity (Wildman–Crippen MR) is 67.6 cm³/mol. The second-order valence-corrected chi connectivity index (χ2v) is 4.17. The molecule has 0 unspecified atom stereocenters. The predicted octanol–water partition coefficient (Wildman–Crippen LogP) is 3.49. The fraction of sp³-hybridized carbons (Fsp3) is 0. The van der Waals surface area contributed by atoms with Crippen LogP contribution >= 0.6 is 11.6 Å². The van der Waals surface area contributed by atoms with Crippen LogP contribution in [0.2, 0.25) is 5.15 Å². The summed E-state index contributed by atoms with van der Waals surface area (Å²) in [6.45, 7) is 0. The third kappa shape index (κ3) is 1.88. The molecule has 4 nitrogen and oxygen atoms in total. The summed E-state index contributed by atoms with van der Waals surface area (Å²) in [5.74, 6) is -0.206. The molecule has 1 aromatic carbocycles. The van der Waals surface area contributed by atoms with E-state index in [1.165, 1.54) is 12.4 Å². The van der Waals surface area contributed by atoms with Gasteiger partial charge in [0, 0.05) is 5.39 Å². The molecule has 0 aliphatic carbocycles. The summed E-state index contributed by atoms with van der Waals surface area (Å²) in [4.78, 5) is 18.7. The number of aldehydes is 1. The van der Waals surface area contributed by atoms with Gasteiger partial charge in [-0.2, -0.15) is 0 Å². The molecule has 0 saturated heterocycles. The number of hydrogen-bond acceptors (Lipinski definition) is 4. The molecule has 94 valence electrons. The van der Waals surface area contributed by atoms with Crippen LogP contribution in [0.25, 0.3) is 22.4 Å². The van der Waals surface area contributed by atoms with Crippen LogP contribution in [0.1, 0.15) is 10.4 Å². The molecular formula is C13H6ClFN2O2. The number of nitrogens with zero attached hydrogens (tertiary/aromatic N) is 2. The smallest absolute Gasteiger partial charge is 0.170 e. The SMILES string of the molecule is O=Cc1c(Cl)ncnc1-c1cc2cccc(F)c2o1. The number of halogens is 2. The number of hydrogen-bond donors (Lipinski definition) is 0. The summed E-state index contributed by atoms with van der Waals surface area (Å²) in [6.07, 6.45) is 1.76. The molecule has 0 bridgehead atoms. The van der Waals surface area contributed by atoms with E-state index < -0.39 is 5.82 Å². The normalized spacial score (nSPS) is 10.8. The number of benzene rings is 1. The van der Waals surface area contributed by atoms with Crippen molar-refractivity contribution >= 4 is 28.9 Å². The van der Waals surface area contributed by atoms with Gasteiger partial charge in [-0.15, -0.1) is 0 Å². The zero-order valence-electron chi connectivity index (χ0n) is 9.43. The molecule has 0 atom stereocenters. The van der Waals surface area contributed by atoms with Gasteiger partial charge in [0.1, 0.15) is 17.2 Å². The summed E-state index contributed by atoms with van der Waals surface area (Å²) in [5.41, 5.74) is 0.471. The Morgan fingerprint density at radius 2 is 2.16 bits per heavy atom. The molecule has 0 radical (unpaired) electrons. The van der Waals surface area contributed by atoms with Crippen molar-refractivity contribution in [2.24, 2.45) is 0 Å². The van der Waals surface area contributed by atoms with E-state index in [4.69, 9.17) is 16.0 Å². The number of carbonyl (C=O) groups excluding carboxylic acids is 1. The zero-order valence-corrected chi connectivity index (χ0v) is 10.2. The van der Waals surface area contributed by atoms with Crippen molar-refractivity contribution in [1.82, 2.24) is 9.97 Å². The first-order valence-corrected chi connectivity index (χ1v) is 5.72. The van der Waals surface area contributed by atoms with Gasteiger partial charge < -0.3 is 4.42 Å². The van der Waals surface area contributed by atoms with E-state index >= 15 is 0 Å². The van der Waals surface area contributed by atoms with Crippen LogP contribution in [0, 0.1) is 5.82 Å². The fourth-order valence-corrected chi connectivity index (χ4v) is 2.00. The minimum Gasteiger partial charge on any atom is -0.451 e. The molecule has 2 aromatic heterocycles. The lowest BCUT2D eigenvalue weighted by atomic mass is 10.2. The Morgan fingerprint density at radius 1 is 1.32 bits per heavy atom. The molecule has 2 heterocycles. The fourth-order valence-electron chi connectivity index (χ4n) is 1.82. The van der Waals surface area contributed by atoms with E-state index in [0.29, 0.717) is 11.7 Å². The number of fused-ring (bicyclic) bond motifs is 1. The second-order valence-electron chi connectivity index (χ2n) is 3.81. The lowest BCUT2D eigenvalue weighted by molar-refractivity contribution is 0.112. The monoisotopic (exact) mass is 276 g/mol. The molecule has 0 N–H and O–H groups in total. The second kappa shape index (κ2) is 4.44. The average molecular weight is 277 g/mol. The molecule has 0 amide bonds. The summed E-state index contributed by atoms with van der Waals surface area (Å²) in [6, 6.07) is 6.17. The average Bonchev–Trinajstić information content (AvgIpc) is 2.84. The van der Waals surface area contributed by atoms with Gasteiger partial charge in [0.25, 0.3) is 0 Å². The van der Waals surface area contributed by atoms with Crippen LogP contribution in [0.15, 0.2) is 35.0 Å². The van der Waals surface area contributed by atoms with Gasteiger partial charge in [-0.3, -0.25) is 4.79 Å². The lowest BCUT2D eigenvalue weighted by Crippen LogP contribution is -1.94. The lowest BCUT2D eigenvalue weighted by Gasteiger charge is -2.00. The van der Waals surface area contributed by atoms with Gasteiger partial charge in [0.2, 0.25) is 0 Å². The Hall–Kier alpha value is -2.27. The Morgan fingerprint density at radius 3 is 2.89 bits per heavy atom. The molecule has 3 aromatic rings. The van der Waals surface area contributed by atoms with E-state index in [1.54, 1.807) is 18.2 Å². The van der Waals surface area contributed by atoms with Crippen LogP contribution in [0.4, 0.5) is 4.39 Å². The number of aromatic nitrogens is 2. The van der Waals surface area contributed by atoms with Crippen molar-refractivity contribution in [3.63, 3.8) is 0 Å². The molecule has 0 aliphatic heterocycles. The summed E-state index contributed by atoms with van der Waals surface area (Å²) in [7, 11) is 0. The molecule has 0 fully saturated rings.